The summed E-state index contributed by atoms with van der Waals surface area (Å²) in [5.74, 6) is 1.59. The van der Waals surface area contributed by atoms with Gasteiger partial charge in [0, 0.05) is 6.04 Å². The van der Waals surface area contributed by atoms with E-state index in [2.05, 4.69) is 12.1 Å². The molecule has 0 aliphatic heterocycles. The van der Waals surface area contributed by atoms with Gasteiger partial charge in [-0.05, 0) is 43.4 Å². The second kappa shape index (κ2) is 7.65. The maximum absolute atomic E-state index is 6.38. The van der Waals surface area contributed by atoms with Crippen molar-refractivity contribution in [1.82, 2.24) is 0 Å². The van der Waals surface area contributed by atoms with Crippen molar-refractivity contribution in [2.45, 2.75) is 45.1 Å². The smallest absolute Gasteiger partial charge is 0.119 e. The Morgan fingerprint density at radius 1 is 1.28 bits per heavy atom. The average Bonchev–Trinajstić information content (AvgIpc) is 2.40. The summed E-state index contributed by atoms with van der Waals surface area (Å²) in [5, 5.41) is 0. The molecule has 0 bridgehead atoms. The van der Waals surface area contributed by atoms with Gasteiger partial charge < -0.3 is 10.5 Å². The number of rotatable bonds is 4. The molecule has 0 unspecified atom stereocenters. The lowest BCUT2D eigenvalue weighted by atomic mass is 9.81. The van der Waals surface area contributed by atoms with Gasteiger partial charge in [0.05, 0.1) is 6.61 Å². The van der Waals surface area contributed by atoms with Crippen LogP contribution in [0, 0.1) is 5.92 Å². The summed E-state index contributed by atoms with van der Waals surface area (Å²) in [6.07, 6.45) is 6.61. The Kier molecular flexibility index (Phi) is 6.51. The first-order valence-electron chi connectivity index (χ1n) is 6.79. The molecule has 0 heterocycles. The summed E-state index contributed by atoms with van der Waals surface area (Å²) < 4.78 is 5.53. The van der Waals surface area contributed by atoms with E-state index in [4.69, 9.17) is 10.5 Å². The van der Waals surface area contributed by atoms with Crippen molar-refractivity contribution >= 4 is 12.4 Å². The molecule has 18 heavy (non-hydrogen) atoms. The highest BCUT2D eigenvalue weighted by Crippen LogP contribution is 2.33. The SMILES string of the molecule is CCOc1cccc([C@@H](N)C2CCCCC2)c1.Cl. The lowest BCUT2D eigenvalue weighted by molar-refractivity contribution is 0.306. The predicted molar refractivity (Wildman–Crippen MR) is 78.4 cm³/mol. The lowest BCUT2D eigenvalue weighted by Crippen LogP contribution is -2.23. The first kappa shape index (κ1) is 15.3. The van der Waals surface area contributed by atoms with E-state index in [1.165, 1.54) is 37.7 Å². The average molecular weight is 270 g/mol. The van der Waals surface area contributed by atoms with Gasteiger partial charge >= 0.3 is 0 Å². The van der Waals surface area contributed by atoms with Crippen molar-refractivity contribution in [3.63, 3.8) is 0 Å². The standard InChI is InChI=1S/C15H23NO.ClH/c1-2-17-14-10-6-9-13(11-14)15(16)12-7-4-3-5-8-12;/h6,9-12,15H,2-5,7-8,16H2,1H3;1H/t15-;/m0./s1. The van der Waals surface area contributed by atoms with Crippen LogP contribution in [0.1, 0.15) is 50.6 Å². The summed E-state index contributed by atoms with van der Waals surface area (Å²) in [6, 6.07) is 8.45. The Balaban J connectivity index is 0.00000162. The fourth-order valence-electron chi connectivity index (χ4n) is 2.74. The fourth-order valence-corrected chi connectivity index (χ4v) is 2.74. The van der Waals surface area contributed by atoms with Gasteiger partial charge in [-0.3, -0.25) is 0 Å². The Hall–Kier alpha value is -0.730. The van der Waals surface area contributed by atoms with E-state index in [0.717, 1.165) is 5.75 Å². The van der Waals surface area contributed by atoms with Gasteiger partial charge in [0.25, 0.3) is 0 Å². The third kappa shape index (κ3) is 3.89. The van der Waals surface area contributed by atoms with Crippen LogP contribution in [0.5, 0.6) is 5.75 Å². The molecule has 102 valence electrons. The van der Waals surface area contributed by atoms with Crippen molar-refractivity contribution in [2.75, 3.05) is 6.61 Å². The first-order chi connectivity index (χ1) is 8.31. The summed E-state index contributed by atoms with van der Waals surface area (Å²) in [6.45, 7) is 2.72. The molecule has 2 nitrogen and oxygen atoms in total. The van der Waals surface area contributed by atoms with Gasteiger partial charge in [-0.15, -0.1) is 12.4 Å². The van der Waals surface area contributed by atoms with Gasteiger partial charge in [-0.1, -0.05) is 31.4 Å². The molecular weight excluding hydrogens is 246 g/mol. The minimum atomic E-state index is 0. The van der Waals surface area contributed by atoms with Crippen LogP contribution in [0.3, 0.4) is 0 Å². The third-order valence-corrected chi connectivity index (χ3v) is 3.71. The molecule has 2 N–H and O–H groups in total. The zero-order valence-corrected chi connectivity index (χ0v) is 11.9. The van der Waals surface area contributed by atoms with Crippen molar-refractivity contribution in [1.29, 1.82) is 0 Å². The van der Waals surface area contributed by atoms with Crippen molar-refractivity contribution < 1.29 is 4.74 Å². The first-order valence-corrected chi connectivity index (χ1v) is 6.79. The second-order valence-electron chi connectivity index (χ2n) is 4.93. The van der Waals surface area contributed by atoms with Crippen LogP contribution in [0.25, 0.3) is 0 Å². The molecule has 3 heteroatoms. The van der Waals surface area contributed by atoms with Crippen LogP contribution in [0.2, 0.25) is 0 Å². The van der Waals surface area contributed by atoms with E-state index >= 15 is 0 Å². The summed E-state index contributed by atoms with van der Waals surface area (Å²) in [4.78, 5) is 0. The Labute approximate surface area is 116 Å². The fraction of sp³-hybridized carbons (Fsp3) is 0.600. The van der Waals surface area contributed by atoms with E-state index in [1.54, 1.807) is 0 Å². The molecule has 1 aromatic rings. The molecule has 0 saturated heterocycles. The Morgan fingerprint density at radius 3 is 2.67 bits per heavy atom. The highest BCUT2D eigenvalue weighted by atomic mass is 35.5. The van der Waals surface area contributed by atoms with Gasteiger partial charge in [-0.25, -0.2) is 0 Å². The van der Waals surface area contributed by atoms with Gasteiger partial charge in [0.15, 0.2) is 0 Å². The minimum Gasteiger partial charge on any atom is -0.494 e. The maximum atomic E-state index is 6.38. The van der Waals surface area contributed by atoms with Crippen LogP contribution in [0.4, 0.5) is 0 Å². The third-order valence-electron chi connectivity index (χ3n) is 3.71. The van der Waals surface area contributed by atoms with E-state index in [-0.39, 0.29) is 18.4 Å². The molecule has 1 fully saturated rings. The number of halogens is 1. The molecular formula is C15H24ClNO. The van der Waals surface area contributed by atoms with Crippen molar-refractivity contribution in [3.05, 3.63) is 29.8 Å². The molecule has 2 rings (SSSR count). The molecule has 0 amide bonds. The topological polar surface area (TPSA) is 35.2 Å². The Morgan fingerprint density at radius 2 is 2.00 bits per heavy atom. The molecule has 1 saturated carbocycles. The van der Waals surface area contributed by atoms with E-state index in [9.17, 15) is 0 Å². The molecule has 0 spiro atoms. The van der Waals surface area contributed by atoms with Crippen LogP contribution in [0.15, 0.2) is 24.3 Å². The number of hydrogen-bond donors (Lipinski definition) is 1. The molecule has 0 radical (unpaired) electrons. The molecule has 1 aliphatic rings. The molecule has 1 aromatic carbocycles. The summed E-state index contributed by atoms with van der Waals surface area (Å²) in [5.41, 5.74) is 7.60. The maximum Gasteiger partial charge on any atom is 0.119 e. The second-order valence-corrected chi connectivity index (χ2v) is 4.93. The highest BCUT2D eigenvalue weighted by molar-refractivity contribution is 5.85. The largest absolute Gasteiger partial charge is 0.494 e. The van der Waals surface area contributed by atoms with Gasteiger partial charge in [0.1, 0.15) is 5.75 Å². The van der Waals surface area contributed by atoms with Crippen LogP contribution < -0.4 is 10.5 Å². The van der Waals surface area contributed by atoms with Gasteiger partial charge in [0.2, 0.25) is 0 Å². The highest BCUT2D eigenvalue weighted by Gasteiger charge is 2.21. The van der Waals surface area contributed by atoms with E-state index < -0.39 is 0 Å². The Bertz CT molecular complexity index is 350. The zero-order valence-electron chi connectivity index (χ0n) is 11.1. The number of nitrogens with two attached hydrogens (primary N) is 1. The summed E-state index contributed by atoms with van der Waals surface area (Å²) >= 11 is 0. The lowest BCUT2D eigenvalue weighted by Gasteiger charge is -2.27. The number of ether oxygens (including phenoxy) is 1. The number of hydrogen-bond acceptors (Lipinski definition) is 2. The minimum absolute atomic E-state index is 0. The van der Waals surface area contributed by atoms with Crippen LogP contribution >= 0.6 is 12.4 Å². The predicted octanol–water partition coefficient (Wildman–Crippen LogP) is 4.09. The normalized spacial score (nSPS) is 17.9. The van der Waals surface area contributed by atoms with E-state index in [1.807, 2.05) is 19.1 Å². The van der Waals surface area contributed by atoms with E-state index in [0.29, 0.717) is 12.5 Å². The molecule has 0 aromatic heterocycles. The summed E-state index contributed by atoms with van der Waals surface area (Å²) in [7, 11) is 0. The monoisotopic (exact) mass is 269 g/mol. The van der Waals surface area contributed by atoms with Gasteiger partial charge in [-0.2, -0.15) is 0 Å². The van der Waals surface area contributed by atoms with Crippen LogP contribution in [-0.4, -0.2) is 6.61 Å². The quantitative estimate of drug-likeness (QED) is 0.894. The molecule has 1 aliphatic carbocycles. The molecule has 1 atom stereocenters. The van der Waals surface area contributed by atoms with Crippen molar-refractivity contribution in [3.8, 4) is 5.75 Å². The number of benzene rings is 1. The zero-order chi connectivity index (χ0) is 12.1. The van der Waals surface area contributed by atoms with Crippen molar-refractivity contribution in [2.24, 2.45) is 11.7 Å². The van der Waals surface area contributed by atoms with Crippen LogP contribution in [-0.2, 0) is 0 Å².